The summed E-state index contributed by atoms with van der Waals surface area (Å²) in [6.07, 6.45) is 3.72. The highest BCUT2D eigenvalue weighted by Gasteiger charge is 2.31. The summed E-state index contributed by atoms with van der Waals surface area (Å²) >= 11 is 0. The molecular weight excluding hydrogens is 317 g/mol. The fraction of sp³-hybridized carbons (Fsp3) is 0.190. The zero-order chi connectivity index (χ0) is 17.4. The van der Waals surface area contributed by atoms with Crippen LogP contribution in [-0.4, -0.2) is 5.91 Å². The van der Waals surface area contributed by atoms with Crippen LogP contribution in [0.15, 0.2) is 66.1 Å². The molecule has 1 unspecified atom stereocenters. The fourth-order valence-electron chi connectivity index (χ4n) is 3.54. The highest BCUT2D eigenvalue weighted by atomic mass is 19.1. The van der Waals surface area contributed by atoms with E-state index in [1.807, 2.05) is 24.3 Å². The van der Waals surface area contributed by atoms with E-state index in [4.69, 9.17) is 4.74 Å². The number of hydrogen-bond donors (Lipinski definition) is 1. The second-order valence-electron chi connectivity index (χ2n) is 6.35. The van der Waals surface area contributed by atoms with Crippen molar-refractivity contribution in [1.29, 1.82) is 0 Å². The van der Waals surface area contributed by atoms with Gasteiger partial charge in [-0.1, -0.05) is 36.4 Å². The van der Waals surface area contributed by atoms with Crippen LogP contribution < -0.4 is 5.32 Å². The van der Waals surface area contributed by atoms with Crippen molar-refractivity contribution < 1.29 is 13.9 Å². The lowest BCUT2D eigenvalue weighted by Crippen LogP contribution is -2.26. The molecule has 0 aromatic heterocycles. The molecule has 3 nitrogen and oxygen atoms in total. The number of benzene rings is 2. The summed E-state index contributed by atoms with van der Waals surface area (Å²) in [7, 11) is 0. The minimum absolute atomic E-state index is 0.0421. The van der Waals surface area contributed by atoms with Gasteiger partial charge in [0.05, 0.1) is 0 Å². The summed E-state index contributed by atoms with van der Waals surface area (Å²) in [4.78, 5) is 11.5. The van der Waals surface area contributed by atoms with Gasteiger partial charge in [-0.25, -0.2) is 4.39 Å². The van der Waals surface area contributed by atoms with Gasteiger partial charge in [-0.3, -0.25) is 10.1 Å². The summed E-state index contributed by atoms with van der Waals surface area (Å²) in [5.74, 6) is 0.751. The quantitative estimate of drug-likeness (QED) is 0.890. The first-order chi connectivity index (χ1) is 12.1. The maximum atomic E-state index is 13.3. The third kappa shape index (κ3) is 2.95. The van der Waals surface area contributed by atoms with Gasteiger partial charge < -0.3 is 4.74 Å². The Morgan fingerprint density at radius 2 is 1.88 bits per heavy atom. The number of fused-ring (bicyclic) bond motifs is 2. The van der Waals surface area contributed by atoms with E-state index in [0.717, 1.165) is 29.7 Å². The summed E-state index contributed by atoms with van der Waals surface area (Å²) in [6.45, 7) is 1.45. The van der Waals surface area contributed by atoms with Crippen LogP contribution in [0.1, 0.15) is 36.0 Å². The molecule has 4 heteroatoms. The van der Waals surface area contributed by atoms with Crippen LogP contribution in [0, 0.1) is 5.82 Å². The molecule has 2 aromatic rings. The Hall–Kier alpha value is -2.88. The molecule has 1 amide bonds. The predicted octanol–water partition coefficient (Wildman–Crippen LogP) is 4.27. The molecular formula is C21H18FNO2. The number of allylic oxidation sites excluding steroid dienone is 2. The first-order valence-electron chi connectivity index (χ1n) is 8.36. The molecule has 1 atom stereocenters. The number of rotatable bonds is 2. The molecule has 0 spiro atoms. The molecule has 1 heterocycles. The molecule has 0 saturated heterocycles. The van der Waals surface area contributed by atoms with Gasteiger partial charge in [0.15, 0.2) is 5.88 Å². The number of ether oxygens (including phenoxy) is 1. The van der Waals surface area contributed by atoms with Crippen LogP contribution in [0.4, 0.5) is 4.39 Å². The lowest BCUT2D eigenvalue weighted by Gasteiger charge is -2.32. The standard InChI is InChI=1S/C21H18FNO2/c1-13(24)23-20-12-19(15-6-9-16(22)10-7-15)18-11-8-14-4-2-3-5-17(14)21(18)25-20/h2-7,9-10,12,19H,8,11H2,1H3,(H,23,24). The summed E-state index contributed by atoms with van der Waals surface area (Å²) < 4.78 is 19.4. The molecule has 0 radical (unpaired) electrons. The summed E-state index contributed by atoms with van der Waals surface area (Å²) in [5, 5.41) is 2.75. The van der Waals surface area contributed by atoms with E-state index in [9.17, 15) is 9.18 Å². The average molecular weight is 335 g/mol. The van der Waals surface area contributed by atoms with Gasteiger partial charge in [0.2, 0.25) is 5.91 Å². The monoisotopic (exact) mass is 335 g/mol. The van der Waals surface area contributed by atoms with Crippen LogP contribution >= 0.6 is 0 Å². The lowest BCUT2D eigenvalue weighted by molar-refractivity contribution is -0.118. The normalized spacial score (nSPS) is 18.6. The number of carbonyl (C=O) groups excluding carboxylic acids is 1. The molecule has 2 aliphatic rings. The molecule has 25 heavy (non-hydrogen) atoms. The Balaban J connectivity index is 1.82. The second-order valence-corrected chi connectivity index (χ2v) is 6.35. The zero-order valence-electron chi connectivity index (χ0n) is 13.9. The van der Waals surface area contributed by atoms with Crippen molar-refractivity contribution in [2.45, 2.75) is 25.7 Å². The Kier molecular flexibility index (Phi) is 3.88. The van der Waals surface area contributed by atoms with Gasteiger partial charge in [-0.15, -0.1) is 0 Å². The van der Waals surface area contributed by atoms with Crippen molar-refractivity contribution in [2.24, 2.45) is 0 Å². The van der Waals surface area contributed by atoms with Gasteiger partial charge in [-0.05, 0) is 47.8 Å². The molecule has 4 rings (SSSR count). The second kappa shape index (κ2) is 6.20. The van der Waals surface area contributed by atoms with E-state index in [1.54, 1.807) is 12.1 Å². The highest BCUT2D eigenvalue weighted by molar-refractivity contribution is 5.77. The summed E-state index contributed by atoms with van der Waals surface area (Å²) in [6, 6.07) is 14.7. The van der Waals surface area contributed by atoms with Gasteiger partial charge in [0.1, 0.15) is 11.6 Å². The number of hydrogen-bond acceptors (Lipinski definition) is 2. The molecule has 0 saturated carbocycles. The van der Waals surface area contributed by atoms with Crippen molar-refractivity contribution >= 4 is 11.7 Å². The van der Waals surface area contributed by atoms with Gasteiger partial charge in [0.25, 0.3) is 0 Å². The van der Waals surface area contributed by atoms with Crippen molar-refractivity contribution in [3.63, 3.8) is 0 Å². The molecule has 1 aliphatic carbocycles. The Labute approximate surface area is 145 Å². The number of carbonyl (C=O) groups is 1. The van der Waals surface area contributed by atoms with E-state index < -0.39 is 0 Å². The van der Waals surface area contributed by atoms with Crippen molar-refractivity contribution in [3.8, 4) is 0 Å². The highest BCUT2D eigenvalue weighted by Crippen LogP contribution is 2.44. The maximum absolute atomic E-state index is 13.3. The van der Waals surface area contributed by atoms with Crippen LogP contribution in [0.3, 0.4) is 0 Å². The largest absolute Gasteiger partial charge is 0.441 e. The smallest absolute Gasteiger partial charge is 0.223 e. The predicted molar refractivity (Wildman–Crippen MR) is 93.8 cm³/mol. The maximum Gasteiger partial charge on any atom is 0.223 e. The van der Waals surface area contributed by atoms with E-state index >= 15 is 0 Å². The van der Waals surface area contributed by atoms with E-state index in [1.165, 1.54) is 30.2 Å². The minimum atomic E-state index is -0.259. The third-order valence-corrected chi connectivity index (χ3v) is 4.65. The van der Waals surface area contributed by atoms with Crippen LogP contribution in [0.5, 0.6) is 0 Å². The zero-order valence-corrected chi connectivity index (χ0v) is 13.9. The molecule has 2 aromatic carbocycles. The Morgan fingerprint density at radius 1 is 1.12 bits per heavy atom. The SMILES string of the molecule is CC(=O)NC1=CC(c2ccc(F)cc2)C2=C(O1)c1ccccc1CC2. The molecule has 1 aliphatic heterocycles. The van der Waals surface area contributed by atoms with Crippen molar-refractivity contribution in [1.82, 2.24) is 5.32 Å². The average Bonchev–Trinajstić information content (AvgIpc) is 2.61. The van der Waals surface area contributed by atoms with Gasteiger partial charge >= 0.3 is 0 Å². The van der Waals surface area contributed by atoms with E-state index in [-0.39, 0.29) is 17.6 Å². The number of amides is 1. The topological polar surface area (TPSA) is 38.3 Å². The Bertz CT molecular complexity index is 896. The number of nitrogens with one attached hydrogen (secondary N) is 1. The van der Waals surface area contributed by atoms with E-state index in [2.05, 4.69) is 11.4 Å². The van der Waals surface area contributed by atoms with Crippen LogP contribution in [0.25, 0.3) is 5.76 Å². The van der Waals surface area contributed by atoms with Crippen LogP contribution in [-0.2, 0) is 16.0 Å². The number of halogens is 1. The minimum Gasteiger partial charge on any atom is -0.441 e. The lowest BCUT2D eigenvalue weighted by atomic mass is 9.80. The number of aryl methyl sites for hydroxylation is 1. The fourth-order valence-corrected chi connectivity index (χ4v) is 3.54. The van der Waals surface area contributed by atoms with Crippen molar-refractivity contribution in [2.75, 3.05) is 0 Å². The summed E-state index contributed by atoms with van der Waals surface area (Å²) in [5.41, 5.74) is 4.45. The van der Waals surface area contributed by atoms with Crippen LogP contribution in [0.2, 0.25) is 0 Å². The first kappa shape index (κ1) is 15.6. The van der Waals surface area contributed by atoms with Gasteiger partial charge in [-0.2, -0.15) is 0 Å². The third-order valence-electron chi connectivity index (χ3n) is 4.65. The molecule has 0 fully saturated rings. The van der Waals surface area contributed by atoms with Gasteiger partial charge in [0, 0.05) is 18.4 Å². The molecule has 126 valence electrons. The molecule has 0 bridgehead atoms. The Morgan fingerprint density at radius 3 is 2.64 bits per heavy atom. The van der Waals surface area contributed by atoms with E-state index in [0.29, 0.717) is 5.88 Å². The molecule has 1 N–H and O–H groups in total. The first-order valence-corrected chi connectivity index (χ1v) is 8.36. The van der Waals surface area contributed by atoms with Crippen molar-refractivity contribution in [3.05, 3.63) is 88.6 Å².